The Hall–Kier alpha value is -4.45. The summed E-state index contributed by atoms with van der Waals surface area (Å²) in [6.45, 7) is 0. The standard InChI is InChI=1S/C22H20N4O7S/c1-32-19-10-7-17(8-11-19)25-34(30,31)21-13-18(26(28)29)9-12-20(21)24-23-14-15-3-5-16(6-4-15)22(27)33-2/h3-14,24-25H,1-2H3/b23-14+. The number of methoxy groups -OCH3 is 2. The van der Waals surface area contributed by atoms with Crippen LogP contribution in [0.2, 0.25) is 0 Å². The molecule has 34 heavy (non-hydrogen) atoms. The second-order valence-corrected chi connectivity index (χ2v) is 8.41. The summed E-state index contributed by atoms with van der Waals surface area (Å²) in [4.78, 5) is 21.7. The number of ether oxygens (including phenoxy) is 2. The zero-order valence-corrected chi connectivity index (χ0v) is 18.9. The maximum absolute atomic E-state index is 13.0. The lowest BCUT2D eigenvalue weighted by Crippen LogP contribution is -2.15. The first kappa shape index (κ1) is 24.2. The normalized spacial score (nSPS) is 11.1. The van der Waals surface area contributed by atoms with E-state index < -0.39 is 26.6 Å². The molecule has 3 aromatic carbocycles. The van der Waals surface area contributed by atoms with Gasteiger partial charge in [0.25, 0.3) is 15.7 Å². The van der Waals surface area contributed by atoms with Gasteiger partial charge in [0.2, 0.25) is 0 Å². The summed E-state index contributed by atoms with van der Waals surface area (Å²) in [5, 5.41) is 15.2. The zero-order chi connectivity index (χ0) is 24.7. The summed E-state index contributed by atoms with van der Waals surface area (Å²) in [6.07, 6.45) is 1.40. The topological polar surface area (TPSA) is 149 Å². The van der Waals surface area contributed by atoms with E-state index in [9.17, 15) is 23.3 Å². The molecule has 0 aromatic heterocycles. The molecule has 0 saturated carbocycles. The van der Waals surface area contributed by atoms with E-state index in [-0.39, 0.29) is 16.3 Å². The molecule has 0 bridgehead atoms. The number of esters is 1. The summed E-state index contributed by atoms with van der Waals surface area (Å²) < 4.78 is 38.1. The average Bonchev–Trinajstić information content (AvgIpc) is 2.84. The highest BCUT2D eigenvalue weighted by Gasteiger charge is 2.22. The molecule has 0 aliphatic rings. The Morgan fingerprint density at radius 3 is 2.29 bits per heavy atom. The van der Waals surface area contributed by atoms with Crippen LogP contribution in [-0.4, -0.2) is 39.7 Å². The number of hydrogen-bond acceptors (Lipinski definition) is 9. The van der Waals surface area contributed by atoms with Crippen LogP contribution in [0, 0.1) is 10.1 Å². The molecule has 12 heteroatoms. The van der Waals surface area contributed by atoms with Gasteiger partial charge in [-0.1, -0.05) is 12.1 Å². The van der Waals surface area contributed by atoms with Crippen LogP contribution in [0.4, 0.5) is 17.1 Å². The quantitative estimate of drug-likeness (QED) is 0.202. The van der Waals surface area contributed by atoms with Crippen molar-refractivity contribution < 1.29 is 27.6 Å². The Kier molecular flexibility index (Phi) is 7.43. The predicted molar refractivity (Wildman–Crippen MR) is 126 cm³/mol. The predicted octanol–water partition coefficient (Wildman–Crippen LogP) is 3.64. The molecular weight excluding hydrogens is 464 g/mol. The third kappa shape index (κ3) is 5.86. The molecule has 0 amide bonds. The zero-order valence-electron chi connectivity index (χ0n) is 18.1. The number of nitrogens with zero attached hydrogens (tertiary/aromatic N) is 2. The van der Waals surface area contributed by atoms with Gasteiger partial charge in [0, 0.05) is 17.8 Å². The Morgan fingerprint density at radius 1 is 1.03 bits per heavy atom. The molecule has 0 atom stereocenters. The molecule has 0 radical (unpaired) electrons. The minimum atomic E-state index is -4.22. The molecule has 11 nitrogen and oxygen atoms in total. The van der Waals surface area contributed by atoms with Crippen molar-refractivity contribution in [3.8, 4) is 5.75 Å². The molecule has 0 fully saturated rings. The van der Waals surface area contributed by atoms with Crippen molar-refractivity contribution in [1.82, 2.24) is 0 Å². The average molecular weight is 484 g/mol. The summed E-state index contributed by atoms with van der Waals surface area (Å²) in [6, 6.07) is 15.8. The van der Waals surface area contributed by atoms with Crippen molar-refractivity contribution in [3.63, 3.8) is 0 Å². The first-order chi connectivity index (χ1) is 16.2. The van der Waals surface area contributed by atoms with Crippen molar-refractivity contribution >= 4 is 39.3 Å². The molecule has 3 aromatic rings. The number of benzene rings is 3. The Bertz CT molecular complexity index is 1320. The third-order valence-electron chi connectivity index (χ3n) is 4.54. The Balaban J connectivity index is 1.86. The monoisotopic (exact) mass is 484 g/mol. The van der Waals surface area contributed by atoms with E-state index in [1.54, 1.807) is 36.4 Å². The SMILES string of the molecule is COC(=O)c1ccc(/C=N/Nc2ccc([N+](=O)[O-])cc2S(=O)(=O)Nc2ccc(OC)cc2)cc1. The number of nitro groups is 1. The number of carbonyl (C=O) groups excluding carboxylic acids is 1. The van der Waals surface area contributed by atoms with E-state index in [0.717, 1.165) is 12.1 Å². The van der Waals surface area contributed by atoms with E-state index in [1.807, 2.05) is 0 Å². The number of sulfonamides is 1. The van der Waals surface area contributed by atoms with Gasteiger partial charge in [-0.15, -0.1) is 0 Å². The van der Waals surface area contributed by atoms with E-state index in [4.69, 9.17) is 4.74 Å². The largest absolute Gasteiger partial charge is 0.497 e. The van der Waals surface area contributed by atoms with Gasteiger partial charge in [0.05, 0.1) is 36.6 Å². The van der Waals surface area contributed by atoms with Gasteiger partial charge in [-0.2, -0.15) is 5.10 Å². The van der Waals surface area contributed by atoms with Gasteiger partial charge in [0.1, 0.15) is 10.6 Å². The van der Waals surface area contributed by atoms with Crippen LogP contribution in [0.5, 0.6) is 5.75 Å². The minimum absolute atomic E-state index is 0.0223. The second kappa shape index (κ2) is 10.4. The Morgan fingerprint density at radius 2 is 1.71 bits per heavy atom. The number of non-ortho nitro benzene ring substituents is 1. The van der Waals surface area contributed by atoms with Crippen LogP contribution in [0.25, 0.3) is 0 Å². The molecular formula is C22H20N4O7S. The number of nitrogens with one attached hydrogen (secondary N) is 2. The maximum atomic E-state index is 13.0. The van der Waals surface area contributed by atoms with Crippen LogP contribution in [0.1, 0.15) is 15.9 Å². The first-order valence-corrected chi connectivity index (χ1v) is 11.1. The minimum Gasteiger partial charge on any atom is -0.497 e. The summed E-state index contributed by atoms with van der Waals surface area (Å²) in [5.41, 5.74) is 3.44. The second-order valence-electron chi connectivity index (χ2n) is 6.76. The number of nitro benzene ring substituents is 1. The van der Waals surface area contributed by atoms with Gasteiger partial charge < -0.3 is 9.47 Å². The Labute approximate surface area is 195 Å². The molecule has 0 unspecified atom stereocenters. The fourth-order valence-corrected chi connectivity index (χ4v) is 4.04. The lowest BCUT2D eigenvalue weighted by atomic mass is 10.1. The van der Waals surface area contributed by atoms with Crippen molar-refractivity contribution in [2.75, 3.05) is 24.4 Å². The number of hydrazone groups is 1. The van der Waals surface area contributed by atoms with E-state index in [0.29, 0.717) is 16.9 Å². The summed E-state index contributed by atoms with van der Waals surface area (Å²) in [7, 11) is -1.46. The van der Waals surface area contributed by atoms with E-state index in [1.165, 1.54) is 38.6 Å². The summed E-state index contributed by atoms with van der Waals surface area (Å²) >= 11 is 0. The molecule has 3 rings (SSSR count). The molecule has 0 aliphatic heterocycles. The van der Waals surface area contributed by atoms with E-state index >= 15 is 0 Å². The van der Waals surface area contributed by atoms with Crippen LogP contribution in [0.15, 0.2) is 76.7 Å². The van der Waals surface area contributed by atoms with Crippen LogP contribution < -0.4 is 14.9 Å². The number of hydrogen-bond donors (Lipinski definition) is 2. The molecule has 176 valence electrons. The lowest BCUT2D eigenvalue weighted by molar-refractivity contribution is -0.385. The number of anilines is 2. The number of carbonyl (C=O) groups is 1. The fourth-order valence-electron chi connectivity index (χ4n) is 2.81. The maximum Gasteiger partial charge on any atom is 0.337 e. The van der Waals surface area contributed by atoms with Gasteiger partial charge >= 0.3 is 5.97 Å². The highest BCUT2D eigenvalue weighted by Crippen LogP contribution is 2.28. The van der Waals surface area contributed by atoms with Crippen LogP contribution in [0.3, 0.4) is 0 Å². The van der Waals surface area contributed by atoms with Crippen LogP contribution >= 0.6 is 0 Å². The third-order valence-corrected chi connectivity index (χ3v) is 5.96. The summed E-state index contributed by atoms with van der Waals surface area (Å²) in [5.74, 6) is 0.0568. The lowest BCUT2D eigenvalue weighted by Gasteiger charge is -2.12. The highest BCUT2D eigenvalue weighted by molar-refractivity contribution is 7.92. The first-order valence-electron chi connectivity index (χ1n) is 9.66. The van der Waals surface area contributed by atoms with Gasteiger partial charge in [-0.3, -0.25) is 20.3 Å². The van der Waals surface area contributed by atoms with Gasteiger partial charge in [0.15, 0.2) is 0 Å². The molecule has 0 spiro atoms. The molecule has 0 saturated heterocycles. The smallest absolute Gasteiger partial charge is 0.337 e. The molecule has 0 heterocycles. The highest BCUT2D eigenvalue weighted by atomic mass is 32.2. The number of rotatable bonds is 9. The molecule has 2 N–H and O–H groups in total. The van der Waals surface area contributed by atoms with Gasteiger partial charge in [-0.05, 0) is 48.0 Å². The van der Waals surface area contributed by atoms with Crippen LogP contribution in [-0.2, 0) is 14.8 Å². The fraction of sp³-hybridized carbons (Fsp3) is 0.0909. The van der Waals surface area contributed by atoms with E-state index in [2.05, 4.69) is 20.0 Å². The van der Waals surface area contributed by atoms with Crippen molar-refractivity contribution in [2.24, 2.45) is 5.10 Å². The van der Waals surface area contributed by atoms with Crippen molar-refractivity contribution in [2.45, 2.75) is 4.90 Å². The van der Waals surface area contributed by atoms with Crippen molar-refractivity contribution in [3.05, 3.63) is 88.0 Å². The van der Waals surface area contributed by atoms with Crippen molar-refractivity contribution in [1.29, 1.82) is 0 Å². The van der Waals surface area contributed by atoms with Gasteiger partial charge in [-0.25, -0.2) is 13.2 Å². The molecule has 0 aliphatic carbocycles.